The van der Waals surface area contributed by atoms with Gasteiger partial charge in [-0.2, -0.15) is 0 Å². The highest BCUT2D eigenvalue weighted by atomic mass is 79.9. The molecule has 0 fully saturated rings. The Kier molecular flexibility index (Phi) is 4.19. The van der Waals surface area contributed by atoms with Crippen LogP contribution in [0.15, 0.2) is 16.6 Å². The molecule has 2 N–H and O–H groups in total. The maximum absolute atomic E-state index is 5.16. The molecule has 0 aliphatic heterocycles. The predicted molar refractivity (Wildman–Crippen MR) is 56.2 cm³/mol. The molecule has 0 spiro atoms. The summed E-state index contributed by atoms with van der Waals surface area (Å²) in [7, 11) is 3.18. The van der Waals surface area contributed by atoms with Gasteiger partial charge in [-0.1, -0.05) is 0 Å². The molecule has 0 saturated carbocycles. The van der Waals surface area contributed by atoms with Gasteiger partial charge in [0.2, 0.25) is 0 Å². The van der Waals surface area contributed by atoms with Crippen LogP contribution in [0.1, 0.15) is 5.56 Å². The molecule has 1 rings (SSSR count). The largest absolute Gasteiger partial charge is 0.496 e. The minimum Gasteiger partial charge on any atom is -0.496 e. The van der Waals surface area contributed by atoms with Crippen molar-refractivity contribution in [3.05, 3.63) is 22.2 Å². The van der Waals surface area contributed by atoms with Crippen LogP contribution in [-0.2, 0) is 11.4 Å². The van der Waals surface area contributed by atoms with Crippen LogP contribution in [0.5, 0.6) is 11.5 Å². The molecule has 0 atom stereocenters. The van der Waals surface area contributed by atoms with Crippen molar-refractivity contribution < 1.29 is 14.3 Å². The van der Waals surface area contributed by atoms with E-state index < -0.39 is 0 Å². The van der Waals surface area contributed by atoms with Gasteiger partial charge in [0.25, 0.3) is 0 Å². The average molecular weight is 262 g/mol. The second kappa shape index (κ2) is 5.19. The lowest BCUT2D eigenvalue weighted by Crippen LogP contribution is -2.01. The lowest BCUT2D eigenvalue weighted by molar-refractivity contribution is 0.122. The van der Waals surface area contributed by atoms with Crippen molar-refractivity contribution in [3.63, 3.8) is 0 Å². The summed E-state index contributed by atoms with van der Waals surface area (Å²) in [5.74, 6) is 6.40. The number of methoxy groups -OCH3 is 2. The van der Waals surface area contributed by atoms with E-state index >= 15 is 0 Å². The zero-order valence-corrected chi connectivity index (χ0v) is 9.63. The first-order valence-electron chi connectivity index (χ1n) is 3.95. The third-order valence-corrected chi connectivity index (χ3v) is 2.41. The van der Waals surface area contributed by atoms with Gasteiger partial charge in [-0.25, -0.2) is 5.90 Å². The fourth-order valence-corrected chi connectivity index (χ4v) is 1.68. The first-order valence-corrected chi connectivity index (χ1v) is 4.74. The van der Waals surface area contributed by atoms with Crippen molar-refractivity contribution >= 4 is 15.9 Å². The first kappa shape index (κ1) is 11.3. The standard InChI is InChI=1S/C9H12BrNO3/c1-12-8-4-9(13-2)7(10)3-6(8)5-14-11/h3-4H,5,11H2,1-2H3. The van der Waals surface area contributed by atoms with Gasteiger partial charge >= 0.3 is 0 Å². The second-order valence-electron chi connectivity index (χ2n) is 2.61. The molecule has 0 aromatic heterocycles. The molecule has 1 aromatic carbocycles. The number of benzene rings is 1. The Hall–Kier alpha value is -0.780. The van der Waals surface area contributed by atoms with Crippen molar-refractivity contribution in [1.82, 2.24) is 0 Å². The molecular weight excluding hydrogens is 250 g/mol. The zero-order chi connectivity index (χ0) is 10.6. The average Bonchev–Trinajstić information content (AvgIpc) is 2.19. The van der Waals surface area contributed by atoms with Gasteiger partial charge in [-0.05, 0) is 22.0 Å². The third kappa shape index (κ3) is 2.37. The molecule has 0 radical (unpaired) electrons. The van der Waals surface area contributed by atoms with E-state index in [4.69, 9.17) is 15.4 Å². The zero-order valence-electron chi connectivity index (χ0n) is 8.04. The van der Waals surface area contributed by atoms with Gasteiger partial charge in [-0.3, -0.25) is 4.84 Å². The summed E-state index contributed by atoms with van der Waals surface area (Å²) in [4.78, 5) is 4.56. The number of hydrogen-bond acceptors (Lipinski definition) is 4. The van der Waals surface area contributed by atoms with Crippen molar-refractivity contribution in [2.45, 2.75) is 6.61 Å². The first-order chi connectivity index (χ1) is 6.72. The van der Waals surface area contributed by atoms with Crippen molar-refractivity contribution in [1.29, 1.82) is 0 Å². The van der Waals surface area contributed by atoms with Crippen molar-refractivity contribution in [3.8, 4) is 11.5 Å². The Morgan fingerprint density at radius 1 is 1.21 bits per heavy atom. The van der Waals surface area contributed by atoms with Gasteiger partial charge in [0.05, 0.1) is 25.3 Å². The van der Waals surface area contributed by atoms with Crippen molar-refractivity contribution in [2.24, 2.45) is 5.90 Å². The van der Waals surface area contributed by atoms with E-state index in [0.29, 0.717) is 18.1 Å². The van der Waals surface area contributed by atoms with Gasteiger partial charge in [0.1, 0.15) is 11.5 Å². The molecule has 0 aliphatic carbocycles. The van der Waals surface area contributed by atoms with Gasteiger partial charge in [0.15, 0.2) is 0 Å². The summed E-state index contributed by atoms with van der Waals surface area (Å²) in [6.45, 7) is 0.297. The summed E-state index contributed by atoms with van der Waals surface area (Å²) >= 11 is 3.36. The van der Waals surface area contributed by atoms with Crippen LogP contribution in [-0.4, -0.2) is 14.2 Å². The maximum Gasteiger partial charge on any atom is 0.136 e. The molecule has 0 saturated heterocycles. The Labute approximate surface area is 91.0 Å². The maximum atomic E-state index is 5.16. The predicted octanol–water partition coefficient (Wildman–Crippen LogP) is 1.86. The molecule has 4 nitrogen and oxygen atoms in total. The SMILES string of the molecule is COc1cc(OC)c(CON)cc1Br. The highest BCUT2D eigenvalue weighted by molar-refractivity contribution is 9.10. The van der Waals surface area contributed by atoms with Crippen LogP contribution in [0, 0.1) is 0 Å². The van der Waals surface area contributed by atoms with Gasteiger partial charge in [0, 0.05) is 11.6 Å². The molecule has 0 bridgehead atoms. The van der Waals surface area contributed by atoms with E-state index in [-0.39, 0.29) is 0 Å². The Morgan fingerprint density at radius 3 is 2.36 bits per heavy atom. The fraction of sp³-hybridized carbons (Fsp3) is 0.333. The van der Waals surface area contributed by atoms with E-state index in [2.05, 4.69) is 20.8 Å². The lowest BCUT2D eigenvalue weighted by Gasteiger charge is -2.11. The topological polar surface area (TPSA) is 53.7 Å². The van der Waals surface area contributed by atoms with E-state index in [1.807, 2.05) is 6.07 Å². The van der Waals surface area contributed by atoms with Crippen LogP contribution in [0.4, 0.5) is 0 Å². The van der Waals surface area contributed by atoms with Crippen LogP contribution in [0.2, 0.25) is 0 Å². The van der Waals surface area contributed by atoms with Crippen molar-refractivity contribution in [2.75, 3.05) is 14.2 Å². The summed E-state index contributed by atoms with van der Waals surface area (Å²) in [6, 6.07) is 3.63. The summed E-state index contributed by atoms with van der Waals surface area (Å²) in [5, 5.41) is 0. The number of halogens is 1. The fourth-order valence-electron chi connectivity index (χ4n) is 1.12. The lowest BCUT2D eigenvalue weighted by atomic mass is 10.2. The highest BCUT2D eigenvalue weighted by Crippen LogP contribution is 2.32. The van der Waals surface area contributed by atoms with Crippen LogP contribution >= 0.6 is 15.9 Å². The monoisotopic (exact) mass is 261 g/mol. The van der Waals surface area contributed by atoms with Crippen LogP contribution in [0.25, 0.3) is 0 Å². The minimum atomic E-state index is 0.297. The Morgan fingerprint density at radius 2 is 1.86 bits per heavy atom. The Bertz CT molecular complexity index is 317. The number of hydrogen-bond donors (Lipinski definition) is 1. The van der Waals surface area contributed by atoms with E-state index in [9.17, 15) is 0 Å². The molecule has 5 heteroatoms. The normalized spacial score (nSPS) is 10.0. The molecule has 0 amide bonds. The van der Waals surface area contributed by atoms with Crippen LogP contribution in [0.3, 0.4) is 0 Å². The minimum absolute atomic E-state index is 0.297. The molecule has 1 aromatic rings. The summed E-state index contributed by atoms with van der Waals surface area (Å²) in [6.07, 6.45) is 0. The van der Waals surface area contributed by atoms with Gasteiger partial charge < -0.3 is 9.47 Å². The third-order valence-electron chi connectivity index (χ3n) is 1.79. The second-order valence-corrected chi connectivity index (χ2v) is 3.46. The molecule has 78 valence electrons. The number of ether oxygens (including phenoxy) is 2. The van der Waals surface area contributed by atoms with E-state index in [1.54, 1.807) is 20.3 Å². The Balaban J connectivity index is 3.10. The quantitative estimate of drug-likeness (QED) is 0.841. The van der Waals surface area contributed by atoms with E-state index in [1.165, 1.54) is 0 Å². The molecular formula is C9H12BrNO3. The highest BCUT2D eigenvalue weighted by Gasteiger charge is 2.08. The number of nitrogens with two attached hydrogens (primary N) is 1. The van der Waals surface area contributed by atoms with Gasteiger partial charge in [-0.15, -0.1) is 0 Å². The molecule has 0 heterocycles. The number of rotatable bonds is 4. The molecule has 0 unspecified atom stereocenters. The molecule has 0 aliphatic rings. The summed E-state index contributed by atoms with van der Waals surface area (Å²) in [5.41, 5.74) is 0.864. The summed E-state index contributed by atoms with van der Waals surface area (Å²) < 4.78 is 11.1. The van der Waals surface area contributed by atoms with E-state index in [0.717, 1.165) is 10.0 Å². The smallest absolute Gasteiger partial charge is 0.136 e. The van der Waals surface area contributed by atoms with Crippen LogP contribution < -0.4 is 15.4 Å². The molecule has 14 heavy (non-hydrogen) atoms.